The molecule has 2 fully saturated rings. The van der Waals surface area contributed by atoms with Crippen LogP contribution in [0.25, 0.3) is 22.2 Å². The third-order valence-electron chi connectivity index (χ3n) is 8.09. The van der Waals surface area contributed by atoms with E-state index in [4.69, 9.17) is 22.1 Å². The van der Waals surface area contributed by atoms with Gasteiger partial charge in [0.1, 0.15) is 23.8 Å². The minimum atomic E-state index is -4.89. The van der Waals surface area contributed by atoms with Crippen molar-refractivity contribution in [2.24, 2.45) is 0 Å². The van der Waals surface area contributed by atoms with E-state index in [1.807, 2.05) is 7.05 Å². The topological polar surface area (TPSA) is 101 Å². The van der Waals surface area contributed by atoms with Crippen molar-refractivity contribution in [1.82, 2.24) is 24.8 Å². The summed E-state index contributed by atoms with van der Waals surface area (Å²) in [7, 11) is 1.95. The Morgan fingerprint density at radius 3 is 2.55 bits per heavy atom. The standard InChI is InChI=1S/C29H31ClF5N7O2/c1-14-10-20(36)37-25(22(14)29(33,34)35)21-19(30)11-18-24(23(21)32)38-28(44-13-17-6-5-7-40(17)4)39-26(18)42-9-8-41(12-15(42)2)27(43)16(3)31/h10-11,15,17H,3,5-9,12-13H2,1-2,4H3,(H2,36,37). The summed E-state index contributed by atoms with van der Waals surface area (Å²) in [5, 5.41) is -0.253. The molecule has 5 rings (SSSR count). The third-order valence-corrected chi connectivity index (χ3v) is 8.39. The summed E-state index contributed by atoms with van der Waals surface area (Å²) in [6.45, 7) is 7.52. The van der Waals surface area contributed by atoms with Crippen molar-refractivity contribution in [2.45, 2.75) is 44.9 Å². The van der Waals surface area contributed by atoms with E-state index in [1.54, 1.807) is 11.8 Å². The van der Waals surface area contributed by atoms with Crippen molar-refractivity contribution >= 4 is 40.0 Å². The van der Waals surface area contributed by atoms with Gasteiger partial charge >= 0.3 is 12.2 Å². The van der Waals surface area contributed by atoms with Gasteiger partial charge in [0.05, 0.1) is 21.8 Å². The van der Waals surface area contributed by atoms with Gasteiger partial charge in [-0.05, 0) is 58.0 Å². The molecule has 2 aromatic heterocycles. The Balaban J connectivity index is 1.67. The highest BCUT2D eigenvalue weighted by molar-refractivity contribution is 6.34. The summed E-state index contributed by atoms with van der Waals surface area (Å²) in [4.78, 5) is 30.1. The summed E-state index contributed by atoms with van der Waals surface area (Å²) in [5.41, 5.74) is 2.66. The van der Waals surface area contributed by atoms with Gasteiger partial charge in [-0.2, -0.15) is 23.1 Å². The fraction of sp³-hybridized carbons (Fsp3) is 0.448. The number of rotatable bonds is 6. The number of hydrogen-bond donors (Lipinski definition) is 1. The first-order valence-electron chi connectivity index (χ1n) is 13.9. The minimum Gasteiger partial charge on any atom is -0.462 e. The van der Waals surface area contributed by atoms with Crippen LogP contribution >= 0.6 is 11.6 Å². The van der Waals surface area contributed by atoms with Crippen LogP contribution in [0.5, 0.6) is 6.01 Å². The van der Waals surface area contributed by atoms with Gasteiger partial charge in [0.25, 0.3) is 5.91 Å². The smallest absolute Gasteiger partial charge is 0.418 e. The summed E-state index contributed by atoms with van der Waals surface area (Å²) >= 11 is 6.52. The first-order valence-corrected chi connectivity index (χ1v) is 14.3. The number of nitrogen functional groups attached to an aromatic ring is 1. The molecule has 0 radical (unpaired) electrons. The molecule has 0 aliphatic carbocycles. The number of nitrogens with two attached hydrogens (primary N) is 1. The lowest BCUT2D eigenvalue weighted by molar-refractivity contribution is -0.137. The monoisotopic (exact) mass is 639 g/mol. The Hall–Kier alpha value is -3.78. The number of aromatic nitrogens is 3. The summed E-state index contributed by atoms with van der Waals surface area (Å²) in [6.07, 6.45) is -3.04. The Bertz CT molecular complexity index is 1640. The maximum atomic E-state index is 16.5. The molecular weight excluding hydrogens is 609 g/mol. The molecule has 15 heteroatoms. The highest BCUT2D eigenvalue weighted by atomic mass is 35.5. The molecule has 3 aromatic rings. The van der Waals surface area contributed by atoms with Crippen molar-refractivity contribution < 1.29 is 31.5 Å². The van der Waals surface area contributed by atoms with E-state index in [0.29, 0.717) is 0 Å². The average Bonchev–Trinajstić information content (AvgIpc) is 3.34. The normalized spacial score (nSPS) is 19.6. The van der Waals surface area contributed by atoms with E-state index >= 15 is 4.39 Å². The van der Waals surface area contributed by atoms with Crippen LogP contribution in [0.2, 0.25) is 5.02 Å². The Labute approximate surface area is 255 Å². The zero-order chi connectivity index (χ0) is 32.1. The van der Waals surface area contributed by atoms with Gasteiger partial charge in [-0.15, -0.1) is 0 Å². The molecule has 1 amide bonds. The fourth-order valence-corrected chi connectivity index (χ4v) is 6.17. The van der Waals surface area contributed by atoms with Crippen LogP contribution in [0.3, 0.4) is 0 Å². The van der Waals surface area contributed by atoms with Crippen LogP contribution in [0, 0.1) is 12.7 Å². The highest BCUT2D eigenvalue weighted by Gasteiger charge is 2.39. The number of anilines is 2. The zero-order valence-electron chi connectivity index (χ0n) is 24.3. The van der Waals surface area contributed by atoms with Crippen LogP contribution in [-0.2, 0) is 11.0 Å². The van der Waals surface area contributed by atoms with Crippen molar-refractivity contribution in [3.8, 4) is 17.3 Å². The molecule has 2 atom stereocenters. The van der Waals surface area contributed by atoms with E-state index in [9.17, 15) is 22.4 Å². The molecule has 2 unspecified atom stereocenters. The molecule has 0 spiro atoms. The maximum absolute atomic E-state index is 16.5. The molecule has 0 saturated carbocycles. The molecule has 2 aliphatic rings. The first-order chi connectivity index (χ1) is 20.7. The highest BCUT2D eigenvalue weighted by Crippen LogP contribution is 2.44. The molecule has 4 heterocycles. The van der Waals surface area contributed by atoms with E-state index in [1.165, 1.54) is 17.9 Å². The quantitative estimate of drug-likeness (QED) is 0.283. The number of nitrogens with zero attached hydrogens (tertiary/aromatic N) is 6. The maximum Gasteiger partial charge on any atom is 0.418 e. The molecule has 9 nitrogen and oxygen atoms in total. The van der Waals surface area contributed by atoms with Crippen LogP contribution in [0.4, 0.5) is 33.6 Å². The number of carbonyl (C=O) groups excluding carboxylic acids is 1. The number of likely N-dealkylation sites (N-methyl/N-ethyl adjacent to an activating group) is 1. The summed E-state index contributed by atoms with van der Waals surface area (Å²) in [5.74, 6) is -3.12. The lowest BCUT2D eigenvalue weighted by atomic mass is 9.99. The van der Waals surface area contributed by atoms with Gasteiger partial charge in [-0.25, -0.2) is 13.8 Å². The van der Waals surface area contributed by atoms with Crippen molar-refractivity contribution in [1.29, 1.82) is 0 Å². The summed E-state index contributed by atoms with van der Waals surface area (Å²) < 4.78 is 78.6. The van der Waals surface area contributed by atoms with Gasteiger partial charge in [-0.1, -0.05) is 18.2 Å². The number of piperazine rings is 1. The van der Waals surface area contributed by atoms with Crippen LogP contribution in [-0.4, -0.2) is 82.6 Å². The van der Waals surface area contributed by atoms with Crippen LogP contribution in [0.15, 0.2) is 24.5 Å². The van der Waals surface area contributed by atoms with E-state index in [-0.39, 0.29) is 71.4 Å². The number of pyridine rings is 1. The van der Waals surface area contributed by atoms with E-state index in [0.717, 1.165) is 25.5 Å². The molecule has 2 aliphatic heterocycles. The lowest BCUT2D eigenvalue weighted by Gasteiger charge is -2.40. The third kappa shape index (κ3) is 5.96. The lowest BCUT2D eigenvalue weighted by Crippen LogP contribution is -2.54. The predicted molar refractivity (Wildman–Crippen MR) is 157 cm³/mol. The van der Waals surface area contributed by atoms with Crippen LogP contribution < -0.4 is 15.4 Å². The number of halogens is 6. The molecule has 44 heavy (non-hydrogen) atoms. The second-order valence-electron chi connectivity index (χ2n) is 11.1. The number of fused-ring (bicyclic) bond motifs is 1. The number of likely N-dealkylation sites (tertiary alicyclic amines) is 1. The first kappa shape index (κ1) is 31.6. The van der Waals surface area contributed by atoms with Crippen molar-refractivity contribution in [3.05, 3.63) is 46.5 Å². The van der Waals surface area contributed by atoms with Gasteiger partial charge in [0, 0.05) is 37.1 Å². The zero-order valence-corrected chi connectivity index (χ0v) is 25.1. The van der Waals surface area contributed by atoms with E-state index < -0.39 is 46.6 Å². The number of amides is 1. The Morgan fingerprint density at radius 2 is 1.93 bits per heavy atom. The predicted octanol–water partition coefficient (Wildman–Crippen LogP) is 5.39. The molecule has 1 aromatic carbocycles. The fourth-order valence-electron chi connectivity index (χ4n) is 5.89. The average molecular weight is 640 g/mol. The van der Waals surface area contributed by atoms with E-state index in [2.05, 4.69) is 26.4 Å². The second-order valence-corrected chi connectivity index (χ2v) is 11.6. The van der Waals surface area contributed by atoms with Crippen molar-refractivity contribution in [3.63, 3.8) is 0 Å². The number of alkyl halides is 3. The molecule has 236 valence electrons. The van der Waals surface area contributed by atoms with Gasteiger partial charge in [0.15, 0.2) is 11.6 Å². The minimum absolute atomic E-state index is 0.0690. The van der Waals surface area contributed by atoms with Gasteiger partial charge in [0.2, 0.25) is 0 Å². The van der Waals surface area contributed by atoms with Crippen molar-refractivity contribution in [2.75, 3.05) is 50.5 Å². The molecule has 2 N–H and O–H groups in total. The van der Waals surface area contributed by atoms with Gasteiger partial charge < -0.3 is 25.2 Å². The number of ether oxygens (including phenoxy) is 1. The summed E-state index contributed by atoms with van der Waals surface area (Å²) in [6, 6.07) is 1.79. The number of aryl methyl sites for hydroxylation is 1. The molecule has 0 bridgehead atoms. The van der Waals surface area contributed by atoms with Crippen LogP contribution in [0.1, 0.15) is 30.9 Å². The number of hydrogen-bond acceptors (Lipinski definition) is 8. The molecular formula is C29H31ClF5N7O2. The number of carbonyl (C=O) groups is 1. The van der Waals surface area contributed by atoms with Gasteiger partial charge in [-0.3, -0.25) is 4.79 Å². The molecule has 2 saturated heterocycles. The number of benzene rings is 1. The Kier molecular flexibility index (Phi) is 8.60. The second kappa shape index (κ2) is 12.0. The largest absolute Gasteiger partial charge is 0.462 e. The Morgan fingerprint density at radius 1 is 1.20 bits per heavy atom. The SMILES string of the molecule is C=C(F)C(=O)N1CCN(c2nc(OCC3CCCN3C)nc3c(F)c(-c4nc(N)cc(C)c4C(F)(F)F)c(Cl)cc23)C(C)C1.